The lowest BCUT2D eigenvalue weighted by atomic mass is 9.93. The van der Waals surface area contributed by atoms with E-state index in [9.17, 15) is 14.7 Å². The summed E-state index contributed by atoms with van der Waals surface area (Å²) >= 11 is 0. The van der Waals surface area contributed by atoms with Gasteiger partial charge in [-0.05, 0) is 47.9 Å². The van der Waals surface area contributed by atoms with Crippen LogP contribution in [0.1, 0.15) is 55.0 Å². The van der Waals surface area contributed by atoms with E-state index < -0.39 is 11.4 Å². The molecule has 1 saturated carbocycles. The molecular formula is C32H32N2O4. The van der Waals surface area contributed by atoms with E-state index in [2.05, 4.69) is 24.2 Å². The van der Waals surface area contributed by atoms with Crippen molar-refractivity contribution in [1.29, 1.82) is 0 Å². The molecule has 5 rings (SSSR count). The molecule has 0 bridgehead atoms. The number of aromatic nitrogens is 1. The lowest BCUT2D eigenvalue weighted by molar-refractivity contribution is -0.140. The smallest absolute Gasteiger partial charge is 0.314 e. The van der Waals surface area contributed by atoms with E-state index in [0.717, 1.165) is 33.5 Å². The number of carbonyl (C=O) groups excluding carboxylic acids is 1. The van der Waals surface area contributed by atoms with Gasteiger partial charge in [0.1, 0.15) is 0 Å². The zero-order valence-electron chi connectivity index (χ0n) is 22.0. The highest BCUT2D eigenvalue weighted by atomic mass is 16.5. The molecule has 38 heavy (non-hydrogen) atoms. The predicted molar refractivity (Wildman–Crippen MR) is 147 cm³/mol. The number of amides is 1. The summed E-state index contributed by atoms with van der Waals surface area (Å²) in [5.41, 5.74) is 5.97. The van der Waals surface area contributed by atoms with Crippen LogP contribution in [0.5, 0.6) is 0 Å². The molecule has 0 radical (unpaired) electrons. The van der Waals surface area contributed by atoms with E-state index in [4.69, 9.17) is 4.52 Å². The van der Waals surface area contributed by atoms with Crippen molar-refractivity contribution in [2.75, 3.05) is 6.54 Å². The molecule has 1 atom stereocenters. The highest BCUT2D eigenvalue weighted by Crippen LogP contribution is 2.48. The molecule has 1 N–H and O–H groups in total. The number of rotatable bonds is 9. The van der Waals surface area contributed by atoms with Crippen LogP contribution in [0.3, 0.4) is 0 Å². The van der Waals surface area contributed by atoms with Crippen molar-refractivity contribution in [3.8, 4) is 22.5 Å². The van der Waals surface area contributed by atoms with Crippen molar-refractivity contribution in [1.82, 2.24) is 10.1 Å². The number of carboxylic acids is 1. The number of benzene rings is 3. The summed E-state index contributed by atoms with van der Waals surface area (Å²) in [6, 6.07) is 26.1. The topological polar surface area (TPSA) is 83.6 Å². The molecule has 1 aromatic heterocycles. The molecule has 0 aliphatic heterocycles. The molecule has 6 nitrogen and oxygen atoms in total. The molecule has 0 spiro atoms. The summed E-state index contributed by atoms with van der Waals surface area (Å²) in [5, 5.41) is 13.8. The highest BCUT2D eigenvalue weighted by Gasteiger charge is 2.51. The minimum absolute atomic E-state index is 0.00833. The number of carboxylic acid groups (broad SMARTS) is 1. The Morgan fingerprint density at radius 3 is 2.08 bits per heavy atom. The zero-order valence-corrected chi connectivity index (χ0v) is 22.0. The maximum atomic E-state index is 12.6. The molecule has 1 fully saturated rings. The van der Waals surface area contributed by atoms with Crippen molar-refractivity contribution >= 4 is 11.9 Å². The summed E-state index contributed by atoms with van der Waals surface area (Å²) in [6.45, 7) is 6.65. The standard InChI is InChI=1S/C32H32N2O4/c1-21(24-7-5-4-6-8-24)19-34(23(3)35)20-29-22(2)33-38-30(29)27-11-9-25(10-12-27)26-13-15-28(16-14-26)32(17-18-32)31(36)37/h4-16,21H,17-20H2,1-3H3,(H,36,37). The summed E-state index contributed by atoms with van der Waals surface area (Å²) in [6.07, 6.45) is 1.39. The number of hydrogen-bond donors (Lipinski definition) is 1. The molecule has 1 unspecified atom stereocenters. The third-order valence-electron chi connectivity index (χ3n) is 7.72. The van der Waals surface area contributed by atoms with Gasteiger partial charge in [0.05, 0.1) is 17.7 Å². The first-order chi connectivity index (χ1) is 18.3. The quantitative estimate of drug-likeness (QED) is 0.276. The summed E-state index contributed by atoms with van der Waals surface area (Å²) in [4.78, 5) is 26.0. The zero-order chi connectivity index (χ0) is 26.9. The Bertz CT molecular complexity index is 1440. The van der Waals surface area contributed by atoms with E-state index in [-0.39, 0.29) is 11.8 Å². The third kappa shape index (κ3) is 4.99. The molecule has 194 valence electrons. The van der Waals surface area contributed by atoms with Crippen molar-refractivity contribution in [3.63, 3.8) is 0 Å². The maximum absolute atomic E-state index is 12.6. The van der Waals surface area contributed by atoms with Gasteiger partial charge in [0.2, 0.25) is 5.91 Å². The van der Waals surface area contributed by atoms with Crippen molar-refractivity contribution in [2.45, 2.75) is 51.5 Å². The Balaban J connectivity index is 1.34. The SMILES string of the molecule is CC(=O)N(Cc1c(C)noc1-c1ccc(-c2ccc(C3(C(=O)O)CC3)cc2)cc1)CC(C)c1ccccc1. The predicted octanol–water partition coefficient (Wildman–Crippen LogP) is 6.59. The number of carbonyl (C=O) groups is 2. The highest BCUT2D eigenvalue weighted by molar-refractivity contribution is 5.85. The number of nitrogens with zero attached hydrogens (tertiary/aromatic N) is 2. The van der Waals surface area contributed by atoms with E-state index in [1.165, 1.54) is 5.56 Å². The van der Waals surface area contributed by atoms with Gasteiger partial charge in [-0.25, -0.2) is 0 Å². The van der Waals surface area contributed by atoms with Gasteiger partial charge in [-0.2, -0.15) is 0 Å². The fourth-order valence-corrected chi connectivity index (χ4v) is 5.06. The Kier molecular flexibility index (Phi) is 6.89. The van der Waals surface area contributed by atoms with E-state index >= 15 is 0 Å². The fourth-order valence-electron chi connectivity index (χ4n) is 5.06. The summed E-state index contributed by atoms with van der Waals surface area (Å²) < 4.78 is 5.74. The second-order valence-corrected chi connectivity index (χ2v) is 10.3. The second-order valence-electron chi connectivity index (χ2n) is 10.3. The van der Waals surface area contributed by atoms with Crippen LogP contribution in [-0.2, 0) is 21.5 Å². The first-order valence-electron chi connectivity index (χ1n) is 13.0. The van der Waals surface area contributed by atoms with E-state index in [0.29, 0.717) is 31.7 Å². The van der Waals surface area contributed by atoms with Gasteiger partial charge in [-0.1, -0.05) is 90.9 Å². The number of aliphatic carboxylic acids is 1. The van der Waals surface area contributed by atoms with Crippen LogP contribution in [0.25, 0.3) is 22.5 Å². The largest absolute Gasteiger partial charge is 0.481 e. The van der Waals surface area contributed by atoms with Crippen LogP contribution in [0.4, 0.5) is 0 Å². The fraction of sp³-hybridized carbons (Fsp3) is 0.281. The molecule has 3 aromatic carbocycles. The first-order valence-corrected chi connectivity index (χ1v) is 13.0. The van der Waals surface area contributed by atoms with Crippen molar-refractivity contribution in [2.24, 2.45) is 0 Å². The van der Waals surface area contributed by atoms with Crippen molar-refractivity contribution < 1.29 is 19.2 Å². The summed E-state index contributed by atoms with van der Waals surface area (Å²) in [5.74, 6) is 0.124. The first kappa shape index (κ1) is 25.5. The van der Waals surface area contributed by atoms with Gasteiger partial charge >= 0.3 is 5.97 Å². The van der Waals surface area contributed by atoms with Crippen LogP contribution in [0, 0.1) is 6.92 Å². The number of hydrogen-bond acceptors (Lipinski definition) is 4. The Morgan fingerprint density at radius 1 is 0.947 bits per heavy atom. The lowest BCUT2D eigenvalue weighted by Gasteiger charge is -2.25. The molecule has 1 amide bonds. The van der Waals surface area contributed by atoms with Crippen LogP contribution >= 0.6 is 0 Å². The molecule has 1 aliphatic rings. The Labute approximate surface area is 222 Å². The van der Waals surface area contributed by atoms with Crippen LogP contribution < -0.4 is 0 Å². The minimum Gasteiger partial charge on any atom is -0.481 e. The average Bonchev–Trinajstić information content (AvgIpc) is 3.68. The Hall–Kier alpha value is -4.19. The molecule has 4 aromatic rings. The van der Waals surface area contributed by atoms with Crippen molar-refractivity contribution in [3.05, 3.63) is 101 Å². The average molecular weight is 509 g/mol. The lowest BCUT2D eigenvalue weighted by Crippen LogP contribution is -2.32. The number of aryl methyl sites for hydroxylation is 1. The maximum Gasteiger partial charge on any atom is 0.314 e. The summed E-state index contributed by atoms with van der Waals surface area (Å²) in [7, 11) is 0. The molecule has 1 heterocycles. The third-order valence-corrected chi connectivity index (χ3v) is 7.72. The van der Waals surface area contributed by atoms with Gasteiger partial charge in [0.25, 0.3) is 0 Å². The van der Waals surface area contributed by atoms with Crippen LogP contribution in [0.2, 0.25) is 0 Å². The molecule has 1 aliphatic carbocycles. The van der Waals surface area contributed by atoms with Gasteiger partial charge < -0.3 is 14.5 Å². The van der Waals surface area contributed by atoms with E-state index in [1.807, 2.05) is 78.6 Å². The molecule has 0 saturated heterocycles. The van der Waals surface area contributed by atoms with E-state index in [1.54, 1.807) is 6.92 Å². The molecule has 6 heteroatoms. The second kappa shape index (κ2) is 10.3. The Morgan fingerprint density at radius 2 is 1.53 bits per heavy atom. The normalized spacial score (nSPS) is 14.6. The van der Waals surface area contributed by atoms with Crippen LogP contribution in [-0.4, -0.2) is 33.6 Å². The minimum atomic E-state index is -0.745. The van der Waals surface area contributed by atoms with Gasteiger partial charge in [-0.3, -0.25) is 9.59 Å². The van der Waals surface area contributed by atoms with Crippen LogP contribution in [0.15, 0.2) is 83.4 Å². The monoisotopic (exact) mass is 508 g/mol. The molecular weight excluding hydrogens is 476 g/mol. The van der Waals surface area contributed by atoms with Gasteiger partial charge in [0, 0.05) is 24.6 Å². The van der Waals surface area contributed by atoms with Gasteiger partial charge in [-0.15, -0.1) is 0 Å². The van der Waals surface area contributed by atoms with Gasteiger partial charge in [0.15, 0.2) is 5.76 Å².